The number of phenols is 6. The molecule has 0 amide bonds. The SMILES string of the molecule is CCc1c(O)c(CC)c(O)c(CC(S(=O)(=O)C(F)(F)F)S(=O)(=O)C(F)(F)F)c1O.O=S(=O)(C(CC(S(=O)(=O)C(F)(F)F)S(=O)(=O)C(F)(F)F)S(=O)(=O)C(F)(F)F)C(F)(F)F.Oc1cc(O)cc(O)c1. The van der Waals surface area contributed by atoms with Crippen molar-refractivity contribution in [3.05, 3.63) is 34.9 Å². The molecular weight excluding hydrogens is 1150 g/mol. The lowest BCUT2D eigenvalue weighted by molar-refractivity contribution is -0.0490. The van der Waals surface area contributed by atoms with Crippen LogP contribution in [0.25, 0.3) is 0 Å². The van der Waals surface area contributed by atoms with Crippen LogP contribution in [0, 0.1) is 0 Å². The summed E-state index contributed by atoms with van der Waals surface area (Å²) in [5.74, 6) is -3.56. The van der Waals surface area contributed by atoms with Crippen LogP contribution in [0.2, 0.25) is 0 Å². The van der Waals surface area contributed by atoms with Crippen LogP contribution in [0.15, 0.2) is 18.2 Å². The van der Waals surface area contributed by atoms with Gasteiger partial charge in [-0.25, -0.2) is 50.5 Å². The molecule has 2 aromatic rings. The predicted octanol–water partition coefficient (Wildman–Crippen LogP) is 5.24. The largest absolute Gasteiger partial charge is 0.508 e. The molecule has 6 N–H and O–H groups in total. The van der Waals surface area contributed by atoms with Gasteiger partial charge in [0.15, 0.2) is 13.7 Å². The number of benzene rings is 2. The molecule has 404 valence electrons. The Kier molecular flexibility index (Phi) is 19.1. The Morgan fingerprint density at radius 2 is 0.522 bits per heavy atom. The first-order valence-corrected chi connectivity index (χ1v) is 25.6. The lowest BCUT2D eigenvalue weighted by Crippen LogP contribution is -2.52. The van der Waals surface area contributed by atoms with E-state index in [9.17, 15) is 145 Å². The van der Waals surface area contributed by atoms with Crippen LogP contribution in [-0.2, 0) is 78.3 Å². The molecule has 0 radical (unpaired) electrons. The molecule has 2 aromatic carbocycles. The van der Waals surface area contributed by atoms with Crippen molar-refractivity contribution < 1.29 is 160 Å². The highest BCUT2D eigenvalue weighted by molar-refractivity contribution is 8.11. The molecule has 0 spiro atoms. The van der Waals surface area contributed by atoms with Crippen molar-refractivity contribution in [1.29, 1.82) is 0 Å². The third-order valence-corrected chi connectivity index (χ3v) is 21.8. The second-order valence-corrected chi connectivity index (χ2v) is 26.2. The Morgan fingerprint density at radius 3 is 0.696 bits per heavy atom. The number of aromatic hydroxyl groups is 6. The number of sulfone groups is 6. The van der Waals surface area contributed by atoms with E-state index in [1.807, 2.05) is 0 Å². The smallest absolute Gasteiger partial charge is 0.498 e. The summed E-state index contributed by atoms with van der Waals surface area (Å²) in [5, 5.41) is 56.2. The van der Waals surface area contributed by atoms with Gasteiger partial charge in [0.2, 0.25) is 0 Å². The van der Waals surface area contributed by atoms with Gasteiger partial charge in [0.25, 0.3) is 59.0 Å². The maximum absolute atomic E-state index is 12.9. The quantitative estimate of drug-likeness (QED) is 0.148. The average Bonchev–Trinajstić information content (AvgIpc) is 3.08. The van der Waals surface area contributed by atoms with Gasteiger partial charge >= 0.3 is 33.0 Å². The van der Waals surface area contributed by atoms with Crippen LogP contribution in [0.4, 0.5) is 79.0 Å². The van der Waals surface area contributed by atoms with Crippen LogP contribution in [-0.4, -0.2) is 128 Å². The molecule has 0 heterocycles. The highest BCUT2D eigenvalue weighted by Gasteiger charge is 2.69. The van der Waals surface area contributed by atoms with Gasteiger partial charge in [-0.2, -0.15) is 79.0 Å². The Morgan fingerprint density at radius 1 is 0.348 bits per heavy atom. The number of alkyl halides is 18. The number of rotatable bonds is 12. The van der Waals surface area contributed by atoms with Gasteiger partial charge in [0, 0.05) is 47.7 Å². The molecule has 42 heteroatoms. The number of phenolic OH excluding ortho intramolecular Hbond substituents is 6. The van der Waals surface area contributed by atoms with Crippen molar-refractivity contribution in [1.82, 2.24) is 0 Å². The van der Waals surface area contributed by atoms with Crippen LogP contribution in [0.1, 0.15) is 37.0 Å². The molecule has 0 aliphatic heterocycles. The van der Waals surface area contributed by atoms with Crippen molar-refractivity contribution in [3.8, 4) is 34.5 Å². The van der Waals surface area contributed by atoms with Crippen molar-refractivity contribution in [2.45, 2.75) is 86.3 Å². The number of halogens is 18. The molecule has 0 aliphatic carbocycles. The van der Waals surface area contributed by atoms with Crippen LogP contribution >= 0.6 is 0 Å². The topological polar surface area (TPSA) is 326 Å². The molecule has 18 nitrogen and oxygen atoms in total. The van der Waals surface area contributed by atoms with E-state index in [4.69, 9.17) is 15.3 Å². The van der Waals surface area contributed by atoms with E-state index in [1.54, 1.807) is 0 Å². The normalized spacial score (nSPS) is 14.3. The Bertz CT molecular complexity index is 2580. The zero-order chi connectivity index (χ0) is 55.9. The van der Waals surface area contributed by atoms with Crippen LogP contribution in [0.5, 0.6) is 34.5 Å². The number of hydrogen-bond acceptors (Lipinski definition) is 18. The summed E-state index contributed by atoms with van der Waals surface area (Å²) in [4.78, 5) is 0. The third kappa shape index (κ3) is 13.6. The summed E-state index contributed by atoms with van der Waals surface area (Å²) in [7, 11) is -45.7. The van der Waals surface area contributed by atoms with Crippen molar-refractivity contribution >= 4 is 59.0 Å². The van der Waals surface area contributed by atoms with Gasteiger partial charge in [-0.05, 0) is 12.8 Å². The van der Waals surface area contributed by atoms with E-state index < -0.39 is 153 Å². The zero-order valence-corrected chi connectivity index (χ0v) is 37.5. The van der Waals surface area contributed by atoms with Gasteiger partial charge in [0.1, 0.15) is 34.5 Å². The fourth-order valence-corrected chi connectivity index (χ4v) is 15.6. The van der Waals surface area contributed by atoms with E-state index in [2.05, 4.69) is 0 Å². The van der Waals surface area contributed by atoms with Crippen LogP contribution in [0.3, 0.4) is 0 Å². The summed E-state index contributed by atoms with van der Waals surface area (Å²) in [5.41, 5.74) is -43.2. The Hall–Kier alpha value is -4.32. The second kappa shape index (κ2) is 20.4. The molecule has 2 rings (SSSR count). The molecule has 0 bridgehead atoms. The van der Waals surface area contributed by atoms with E-state index >= 15 is 0 Å². The minimum Gasteiger partial charge on any atom is -0.508 e. The predicted molar refractivity (Wildman–Crippen MR) is 191 cm³/mol. The van der Waals surface area contributed by atoms with Gasteiger partial charge in [-0.3, -0.25) is 0 Å². The third-order valence-electron chi connectivity index (χ3n) is 8.08. The van der Waals surface area contributed by atoms with Gasteiger partial charge in [-0.1, -0.05) is 13.8 Å². The monoisotopic (exact) mass is 1170 g/mol. The van der Waals surface area contributed by atoms with E-state index in [0.29, 0.717) is 0 Å². The van der Waals surface area contributed by atoms with Crippen LogP contribution < -0.4 is 0 Å². The molecular formula is C27H26F18O18S6. The Labute approximate surface area is 373 Å². The average molecular weight is 1170 g/mol. The van der Waals surface area contributed by atoms with Crippen molar-refractivity contribution in [3.63, 3.8) is 0 Å². The molecule has 0 atom stereocenters. The molecule has 69 heavy (non-hydrogen) atoms. The summed E-state index contributed by atoms with van der Waals surface area (Å²) in [6.07, 6.45) is -6.46. The number of hydrogen-bond donors (Lipinski definition) is 6. The summed E-state index contributed by atoms with van der Waals surface area (Å²) < 4.78 is 349. The molecule has 0 aliphatic rings. The van der Waals surface area contributed by atoms with E-state index in [0.717, 1.165) is 18.2 Å². The highest BCUT2D eigenvalue weighted by Crippen LogP contribution is 2.47. The van der Waals surface area contributed by atoms with Crippen molar-refractivity contribution in [2.75, 3.05) is 0 Å². The molecule has 0 aromatic heterocycles. The summed E-state index contributed by atoms with van der Waals surface area (Å²) in [6.45, 7) is 2.65. The maximum Gasteiger partial charge on any atom is 0.498 e. The van der Waals surface area contributed by atoms with E-state index in [1.165, 1.54) is 13.8 Å². The fourth-order valence-electron chi connectivity index (χ4n) is 4.77. The molecule has 0 unspecified atom stereocenters. The summed E-state index contributed by atoms with van der Waals surface area (Å²) in [6, 6.07) is 3.42. The Balaban J connectivity index is 0.00000113. The lowest BCUT2D eigenvalue weighted by atomic mass is 9.96. The van der Waals surface area contributed by atoms with Crippen molar-refractivity contribution in [2.24, 2.45) is 0 Å². The highest BCUT2D eigenvalue weighted by atomic mass is 32.3. The zero-order valence-electron chi connectivity index (χ0n) is 32.6. The lowest BCUT2D eigenvalue weighted by Gasteiger charge is -2.26. The summed E-state index contributed by atoms with van der Waals surface area (Å²) >= 11 is 0. The van der Waals surface area contributed by atoms with Gasteiger partial charge in [-0.15, -0.1) is 0 Å². The first kappa shape index (κ1) is 64.7. The fraction of sp³-hybridized carbons (Fsp3) is 0.556. The minimum absolute atomic E-state index is 0.146. The molecule has 0 saturated carbocycles. The standard InChI is InChI=1S/C14H16F6O7S2.C7H4F12O8S4.C6H6O3/c1-3-6-10(21)7(4-2)12(23)8(11(6)22)5-9(28(24,25)13(15,16)17)29(26,27)14(18,19)20;8-4(9,10)28(20,21)2(29(22,23)5(11,12)13)1-3(30(24,25)6(14,15)16)31(26,27)7(17,18)19;7-4-1-5(8)3-6(9)2-4/h9,21-23H,3-5H2,1-2H3;2-3H,1H2;1-3,7-9H. The first-order chi connectivity index (χ1) is 30.0. The first-order valence-electron chi connectivity index (χ1n) is 16.3. The van der Waals surface area contributed by atoms with Gasteiger partial charge in [0.05, 0.1) is 0 Å². The maximum atomic E-state index is 12.9. The van der Waals surface area contributed by atoms with Gasteiger partial charge < -0.3 is 30.6 Å². The molecule has 0 fully saturated rings. The van der Waals surface area contributed by atoms with E-state index in [-0.39, 0.29) is 30.1 Å². The molecule has 0 saturated heterocycles. The second-order valence-electron chi connectivity index (χ2n) is 12.6. The minimum atomic E-state index is -7.96.